The minimum absolute atomic E-state index is 0.0535. The molecule has 0 radical (unpaired) electrons. The maximum atomic E-state index is 12.6. The van der Waals surface area contributed by atoms with Crippen LogP contribution in [0, 0.1) is 17.8 Å². The second-order valence-electron chi connectivity index (χ2n) is 10.7. The molecular formula is C30H29NO4. The monoisotopic (exact) mass is 467 g/mol. The number of carbonyl (C=O) groups is 2. The third-order valence-corrected chi connectivity index (χ3v) is 8.26. The zero-order valence-electron chi connectivity index (χ0n) is 19.6. The molecular weight excluding hydrogens is 438 g/mol. The van der Waals surface area contributed by atoms with E-state index in [1.807, 2.05) is 0 Å². The predicted octanol–water partition coefficient (Wildman–Crippen LogP) is 6.90. The largest absolute Gasteiger partial charge is 0.478 e. The van der Waals surface area contributed by atoms with Crippen LogP contribution in [0.1, 0.15) is 64.8 Å². The average Bonchev–Trinajstić information content (AvgIpc) is 2.84. The van der Waals surface area contributed by atoms with Gasteiger partial charge in [-0.15, -0.1) is 0 Å². The second kappa shape index (κ2) is 8.56. The standard InChI is InChI=1S/C30H29NO4/c32-28(31-27-4-2-1-3-26(27)29(33)34)22-5-9-24(10-6-22)35-25-11-7-23(8-12-25)30-16-19-13-20(17-30)15-21(14-19)18-30/h1-12,19-21H,13-18H2,(H,31,32)(H,33,34). The fourth-order valence-corrected chi connectivity index (χ4v) is 7.12. The SMILES string of the molecule is O=C(Nc1ccccc1C(=O)O)c1ccc(Oc2ccc(C34CC5CC(CC(C5)C3)C4)cc2)cc1. The van der Waals surface area contributed by atoms with Crippen LogP contribution in [0.4, 0.5) is 5.69 Å². The summed E-state index contributed by atoms with van der Waals surface area (Å²) in [4.78, 5) is 24.0. The molecule has 4 aliphatic carbocycles. The Bertz CT molecular complexity index is 1230. The number of para-hydroxylation sites is 1. The number of amides is 1. The molecule has 0 aromatic heterocycles. The average molecular weight is 468 g/mol. The third kappa shape index (κ3) is 4.20. The maximum absolute atomic E-state index is 12.6. The van der Waals surface area contributed by atoms with E-state index in [9.17, 15) is 14.7 Å². The zero-order chi connectivity index (χ0) is 24.0. The van der Waals surface area contributed by atoms with Crippen LogP contribution in [0.25, 0.3) is 0 Å². The number of hydrogen-bond donors (Lipinski definition) is 2. The summed E-state index contributed by atoms with van der Waals surface area (Å²) in [5, 5.41) is 12.0. The highest BCUT2D eigenvalue weighted by Gasteiger charge is 2.51. The van der Waals surface area contributed by atoms with Crippen LogP contribution < -0.4 is 10.1 Å². The lowest BCUT2D eigenvalue weighted by Crippen LogP contribution is -2.48. The van der Waals surface area contributed by atoms with Crippen molar-refractivity contribution >= 4 is 17.6 Å². The fraction of sp³-hybridized carbons (Fsp3) is 0.333. The van der Waals surface area contributed by atoms with E-state index in [0.29, 0.717) is 16.7 Å². The van der Waals surface area contributed by atoms with Crippen molar-refractivity contribution < 1.29 is 19.4 Å². The Morgan fingerprint density at radius 2 is 1.31 bits per heavy atom. The highest BCUT2D eigenvalue weighted by molar-refractivity contribution is 6.07. The molecule has 4 fully saturated rings. The van der Waals surface area contributed by atoms with Crippen molar-refractivity contribution in [1.82, 2.24) is 0 Å². The van der Waals surface area contributed by atoms with Gasteiger partial charge in [0.05, 0.1) is 11.3 Å². The molecule has 3 aromatic rings. The molecule has 1 amide bonds. The van der Waals surface area contributed by atoms with Crippen LogP contribution in [0.15, 0.2) is 72.8 Å². The minimum atomic E-state index is -1.08. The summed E-state index contributed by atoms with van der Waals surface area (Å²) in [6.45, 7) is 0. The summed E-state index contributed by atoms with van der Waals surface area (Å²) in [6, 6.07) is 21.9. The number of anilines is 1. The van der Waals surface area contributed by atoms with Crippen LogP contribution >= 0.6 is 0 Å². The normalized spacial score (nSPS) is 26.3. The molecule has 0 heterocycles. The van der Waals surface area contributed by atoms with E-state index in [1.165, 1.54) is 50.2 Å². The molecule has 7 rings (SSSR count). The zero-order valence-corrected chi connectivity index (χ0v) is 19.6. The minimum Gasteiger partial charge on any atom is -0.478 e. The molecule has 0 saturated heterocycles. The van der Waals surface area contributed by atoms with Crippen LogP contribution in [-0.4, -0.2) is 17.0 Å². The topological polar surface area (TPSA) is 75.6 Å². The van der Waals surface area contributed by atoms with Crippen molar-refractivity contribution in [3.63, 3.8) is 0 Å². The second-order valence-corrected chi connectivity index (χ2v) is 10.7. The van der Waals surface area contributed by atoms with Gasteiger partial charge in [-0.1, -0.05) is 24.3 Å². The molecule has 5 heteroatoms. The van der Waals surface area contributed by atoms with Gasteiger partial charge in [-0.05, 0) is 116 Å². The Kier molecular flexibility index (Phi) is 5.36. The molecule has 4 aliphatic rings. The molecule has 0 spiro atoms. The van der Waals surface area contributed by atoms with Gasteiger partial charge in [0, 0.05) is 5.56 Å². The van der Waals surface area contributed by atoms with Gasteiger partial charge in [-0.2, -0.15) is 0 Å². The molecule has 4 bridgehead atoms. The van der Waals surface area contributed by atoms with E-state index < -0.39 is 5.97 Å². The molecule has 5 nitrogen and oxygen atoms in total. The van der Waals surface area contributed by atoms with Gasteiger partial charge < -0.3 is 15.2 Å². The van der Waals surface area contributed by atoms with E-state index in [1.54, 1.807) is 42.5 Å². The van der Waals surface area contributed by atoms with E-state index in [0.717, 1.165) is 23.5 Å². The number of aromatic carboxylic acids is 1. The Labute approximate surface area is 205 Å². The van der Waals surface area contributed by atoms with Crippen molar-refractivity contribution in [2.24, 2.45) is 17.8 Å². The Morgan fingerprint density at radius 3 is 1.89 bits per heavy atom. The predicted molar refractivity (Wildman–Crippen MR) is 134 cm³/mol. The van der Waals surface area contributed by atoms with Gasteiger partial charge in [0.2, 0.25) is 0 Å². The lowest BCUT2D eigenvalue weighted by Gasteiger charge is -2.57. The van der Waals surface area contributed by atoms with Crippen LogP contribution in [0.3, 0.4) is 0 Å². The van der Waals surface area contributed by atoms with Gasteiger partial charge in [0.25, 0.3) is 5.91 Å². The fourth-order valence-electron chi connectivity index (χ4n) is 7.12. The number of carboxylic acid groups (broad SMARTS) is 1. The van der Waals surface area contributed by atoms with Crippen molar-refractivity contribution in [3.8, 4) is 11.5 Å². The molecule has 0 aliphatic heterocycles. The maximum Gasteiger partial charge on any atom is 0.337 e. The molecule has 3 aromatic carbocycles. The summed E-state index contributed by atoms with van der Waals surface area (Å²) in [5.74, 6) is 2.74. The van der Waals surface area contributed by atoms with Gasteiger partial charge in [0.15, 0.2) is 0 Å². The summed E-state index contributed by atoms with van der Waals surface area (Å²) >= 11 is 0. The van der Waals surface area contributed by atoms with Gasteiger partial charge >= 0.3 is 5.97 Å². The van der Waals surface area contributed by atoms with Crippen molar-refractivity contribution in [2.75, 3.05) is 5.32 Å². The smallest absolute Gasteiger partial charge is 0.337 e. The molecule has 178 valence electrons. The van der Waals surface area contributed by atoms with Gasteiger partial charge in [-0.25, -0.2) is 4.79 Å². The van der Waals surface area contributed by atoms with E-state index in [-0.39, 0.29) is 17.2 Å². The number of nitrogens with one attached hydrogen (secondary N) is 1. The first-order valence-electron chi connectivity index (χ1n) is 12.5. The van der Waals surface area contributed by atoms with Crippen molar-refractivity contribution in [3.05, 3.63) is 89.5 Å². The number of hydrogen-bond acceptors (Lipinski definition) is 3. The lowest BCUT2D eigenvalue weighted by molar-refractivity contribution is -0.00520. The highest BCUT2D eigenvalue weighted by Crippen LogP contribution is 2.60. The third-order valence-electron chi connectivity index (χ3n) is 8.26. The quantitative estimate of drug-likeness (QED) is 0.414. The van der Waals surface area contributed by atoms with Gasteiger partial charge in [-0.3, -0.25) is 4.79 Å². The van der Waals surface area contributed by atoms with Crippen LogP contribution in [0.5, 0.6) is 11.5 Å². The summed E-state index contributed by atoms with van der Waals surface area (Å²) < 4.78 is 6.05. The van der Waals surface area contributed by atoms with E-state index in [2.05, 4.69) is 29.6 Å². The molecule has 35 heavy (non-hydrogen) atoms. The number of benzene rings is 3. The number of rotatable bonds is 6. The highest BCUT2D eigenvalue weighted by atomic mass is 16.5. The van der Waals surface area contributed by atoms with Crippen molar-refractivity contribution in [1.29, 1.82) is 0 Å². The van der Waals surface area contributed by atoms with E-state index >= 15 is 0 Å². The first kappa shape index (κ1) is 21.9. The summed E-state index contributed by atoms with van der Waals surface area (Å²) in [6.07, 6.45) is 8.38. The number of ether oxygens (including phenoxy) is 1. The first-order chi connectivity index (χ1) is 17.0. The van der Waals surface area contributed by atoms with Crippen LogP contribution in [-0.2, 0) is 5.41 Å². The lowest BCUT2D eigenvalue weighted by atomic mass is 9.48. The summed E-state index contributed by atoms with van der Waals surface area (Å²) in [7, 11) is 0. The Balaban J connectivity index is 1.12. The molecule has 0 unspecified atom stereocenters. The van der Waals surface area contributed by atoms with E-state index in [4.69, 9.17) is 4.74 Å². The Hall–Kier alpha value is -3.60. The van der Waals surface area contributed by atoms with Crippen LogP contribution in [0.2, 0.25) is 0 Å². The molecule has 2 N–H and O–H groups in total. The van der Waals surface area contributed by atoms with Crippen molar-refractivity contribution in [2.45, 2.75) is 43.9 Å². The molecule has 4 saturated carbocycles. The number of carboxylic acids is 1. The Morgan fingerprint density at radius 1 is 0.771 bits per heavy atom. The summed E-state index contributed by atoms with van der Waals surface area (Å²) in [5.41, 5.74) is 2.59. The number of carbonyl (C=O) groups excluding carboxylic acids is 1. The first-order valence-corrected chi connectivity index (χ1v) is 12.5. The van der Waals surface area contributed by atoms with Gasteiger partial charge in [0.1, 0.15) is 11.5 Å². The molecule has 0 atom stereocenters.